The number of pyridine rings is 2. The Balaban J connectivity index is 1.66. The average Bonchev–Trinajstić information content (AvgIpc) is 2.64. The van der Waals surface area contributed by atoms with E-state index >= 15 is 0 Å². The molecule has 0 spiro atoms. The van der Waals surface area contributed by atoms with Crippen molar-refractivity contribution in [2.75, 3.05) is 10.6 Å². The molecule has 3 rings (SSSR count). The summed E-state index contributed by atoms with van der Waals surface area (Å²) in [5.41, 5.74) is 6.29. The Morgan fingerprint density at radius 1 is 1.00 bits per heavy atom. The standard InChI is InChI=1S/C21H22N4O/c1-14-10-15(2)20(16(3)11-14)25-21(26)19-8-7-18(13-24-19)23-12-17-6-4-5-9-22-17/h4-11,13,23H,12H2,1-3H3,(H,25,26). The summed E-state index contributed by atoms with van der Waals surface area (Å²) in [5.74, 6) is -0.212. The van der Waals surface area contributed by atoms with Crippen LogP contribution in [0.15, 0.2) is 54.9 Å². The van der Waals surface area contributed by atoms with Crippen LogP contribution < -0.4 is 10.6 Å². The van der Waals surface area contributed by atoms with E-state index in [-0.39, 0.29) is 5.91 Å². The molecule has 132 valence electrons. The monoisotopic (exact) mass is 346 g/mol. The number of carbonyl (C=O) groups excluding carboxylic acids is 1. The SMILES string of the molecule is Cc1cc(C)c(NC(=O)c2ccc(NCc3ccccn3)cn2)c(C)c1. The Bertz CT molecular complexity index is 882. The molecule has 0 fully saturated rings. The molecule has 2 aromatic heterocycles. The minimum atomic E-state index is -0.212. The van der Waals surface area contributed by atoms with Gasteiger partial charge in [0.25, 0.3) is 5.91 Å². The second-order valence-corrected chi connectivity index (χ2v) is 6.33. The first kappa shape index (κ1) is 17.6. The molecule has 0 saturated heterocycles. The zero-order valence-corrected chi connectivity index (χ0v) is 15.2. The van der Waals surface area contributed by atoms with Gasteiger partial charge >= 0.3 is 0 Å². The molecule has 3 aromatic rings. The molecule has 0 bridgehead atoms. The molecule has 2 N–H and O–H groups in total. The average molecular weight is 346 g/mol. The lowest BCUT2D eigenvalue weighted by Crippen LogP contribution is -2.15. The largest absolute Gasteiger partial charge is 0.378 e. The lowest BCUT2D eigenvalue weighted by atomic mass is 10.0. The summed E-state index contributed by atoms with van der Waals surface area (Å²) in [6, 6.07) is 13.5. The number of amides is 1. The number of nitrogens with one attached hydrogen (secondary N) is 2. The highest BCUT2D eigenvalue weighted by atomic mass is 16.1. The molecule has 0 unspecified atom stereocenters. The zero-order chi connectivity index (χ0) is 18.5. The van der Waals surface area contributed by atoms with E-state index in [9.17, 15) is 4.79 Å². The highest BCUT2D eigenvalue weighted by Gasteiger charge is 2.11. The van der Waals surface area contributed by atoms with Gasteiger partial charge in [-0.05, 0) is 56.2 Å². The maximum Gasteiger partial charge on any atom is 0.274 e. The molecule has 0 saturated carbocycles. The second-order valence-electron chi connectivity index (χ2n) is 6.33. The fourth-order valence-electron chi connectivity index (χ4n) is 2.88. The summed E-state index contributed by atoms with van der Waals surface area (Å²) in [4.78, 5) is 21.0. The summed E-state index contributed by atoms with van der Waals surface area (Å²) >= 11 is 0. The third-order valence-corrected chi connectivity index (χ3v) is 4.11. The molecule has 1 aromatic carbocycles. The van der Waals surface area contributed by atoms with E-state index in [1.165, 1.54) is 5.56 Å². The predicted octanol–water partition coefficient (Wildman–Crippen LogP) is 4.27. The van der Waals surface area contributed by atoms with Gasteiger partial charge in [-0.1, -0.05) is 23.8 Å². The number of rotatable bonds is 5. The van der Waals surface area contributed by atoms with Crippen LogP contribution in [0.25, 0.3) is 0 Å². The molecule has 0 radical (unpaired) electrons. The quantitative estimate of drug-likeness (QED) is 0.724. The van der Waals surface area contributed by atoms with Gasteiger partial charge < -0.3 is 10.6 Å². The number of carbonyl (C=O) groups is 1. The molecule has 1 amide bonds. The van der Waals surface area contributed by atoms with Crippen molar-refractivity contribution >= 4 is 17.3 Å². The number of nitrogens with zero attached hydrogens (tertiary/aromatic N) is 2. The van der Waals surface area contributed by atoms with Gasteiger partial charge in [0, 0.05) is 11.9 Å². The first-order valence-electron chi connectivity index (χ1n) is 8.52. The minimum Gasteiger partial charge on any atom is -0.378 e. The molecular weight excluding hydrogens is 324 g/mol. The van der Waals surface area contributed by atoms with Crippen molar-refractivity contribution in [2.45, 2.75) is 27.3 Å². The number of aromatic nitrogens is 2. The van der Waals surface area contributed by atoms with Gasteiger partial charge in [-0.15, -0.1) is 0 Å². The summed E-state index contributed by atoms with van der Waals surface area (Å²) in [6.45, 7) is 6.64. The van der Waals surface area contributed by atoms with Gasteiger partial charge in [0.1, 0.15) is 5.69 Å². The van der Waals surface area contributed by atoms with Crippen LogP contribution in [0.4, 0.5) is 11.4 Å². The van der Waals surface area contributed by atoms with Crippen LogP contribution in [0.1, 0.15) is 32.9 Å². The molecule has 0 aliphatic heterocycles. The minimum absolute atomic E-state index is 0.212. The fraction of sp³-hybridized carbons (Fsp3) is 0.190. The fourth-order valence-corrected chi connectivity index (χ4v) is 2.88. The normalized spacial score (nSPS) is 10.4. The van der Waals surface area contributed by atoms with E-state index in [0.717, 1.165) is 28.2 Å². The third kappa shape index (κ3) is 4.25. The van der Waals surface area contributed by atoms with Gasteiger partial charge in [0.15, 0.2) is 0 Å². The van der Waals surface area contributed by atoms with Crippen molar-refractivity contribution < 1.29 is 4.79 Å². The van der Waals surface area contributed by atoms with Crippen LogP contribution in [0.2, 0.25) is 0 Å². The topological polar surface area (TPSA) is 66.9 Å². The van der Waals surface area contributed by atoms with E-state index in [0.29, 0.717) is 12.2 Å². The van der Waals surface area contributed by atoms with E-state index in [4.69, 9.17) is 0 Å². The van der Waals surface area contributed by atoms with Gasteiger partial charge in [0.05, 0.1) is 24.1 Å². The zero-order valence-electron chi connectivity index (χ0n) is 15.2. The molecular formula is C21H22N4O. The Hall–Kier alpha value is -3.21. The van der Waals surface area contributed by atoms with Gasteiger partial charge in [-0.25, -0.2) is 4.98 Å². The van der Waals surface area contributed by atoms with Gasteiger partial charge in [-0.2, -0.15) is 0 Å². The van der Waals surface area contributed by atoms with Crippen LogP contribution in [0, 0.1) is 20.8 Å². The highest BCUT2D eigenvalue weighted by Crippen LogP contribution is 2.22. The molecule has 0 aliphatic carbocycles. The molecule has 26 heavy (non-hydrogen) atoms. The van der Waals surface area contributed by atoms with Crippen LogP contribution in [0.3, 0.4) is 0 Å². The third-order valence-electron chi connectivity index (χ3n) is 4.11. The van der Waals surface area contributed by atoms with E-state index in [1.807, 2.05) is 45.0 Å². The van der Waals surface area contributed by atoms with Crippen molar-refractivity contribution in [2.24, 2.45) is 0 Å². The second kappa shape index (κ2) is 7.78. The number of aryl methyl sites for hydroxylation is 3. The van der Waals surface area contributed by atoms with Crippen LogP contribution in [-0.2, 0) is 6.54 Å². The number of hydrogen-bond acceptors (Lipinski definition) is 4. The Morgan fingerprint density at radius 3 is 2.38 bits per heavy atom. The molecule has 0 atom stereocenters. The predicted molar refractivity (Wildman–Crippen MR) is 104 cm³/mol. The van der Waals surface area contributed by atoms with Gasteiger partial charge in [-0.3, -0.25) is 9.78 Å². The molecule has 5 heteroatoms. The van der Waals surface area contributed by atoms with E-state index in [1.54, 1.807) is 18.5 Å². The summed E-state index contributed by atoms with van der Waals surface area (Å²) < 4.78 is 0. The number of hydrogen-bond donors (Lipinski definition) is 2. The maximum atomic E-state index is 12.5. The first-order chi connectivity index (χ1) is 12.5. The smallest absolute Gasteiger partial charge is 0.274 e. The molecule has 2 heterocycles. The Kier molecular flexibility index (Phi) is 5.27. The summed E-state index contributed by atoms with van der Waals surface area (Å²) in [6.07, 6.45) is 3.42. The number of benzene rings is 1. The van der Waals surface area contributed by atoms with Crippen LogP contribution in [0.5, 0.6) is 0 Å². The molecule has 5 nitrogen and oxygen atoms in total. The van der Waals surface area contributed by atoms with Crippen molar-refractivity contribution in [3.63, 3.8) is 0 Å². The lowest BCUT2D eigenvalue weighted by Gasteiger charge is -2.13. The van der Waals surface area contributed by atoms with Crippen molar-refractivity contribution in [1.29, 1.82) is 0 Å². The lowest BCUT2D eigenvalue weighted by molar-refractivity contribution is 0.102. The van der Waals surface area contributed by atoms with Crippen LogP contribution in [-0.4, -0.2) is 15.9 Å². The van der Waals surface area contributed by atoms with Crippen LogP contribution >= 0.6 is 0 Å². The van der Waals surface area contributed by atoms with Crippen molar-refractivity contribution in [3.8, 4) is 0 Å². The van der Waals surface area contributed by atoms with E-state index in [2.05, 4.69) is 32.7 Å². The summed E-state index contributed by atoms with van der Waals surface area (Å²) in [7, 11) is 0. The number of anilines is 2. The highest BCUT2D eigenvalue weighted by molar-refractivity contribution is 6.03. The Labute approximate surface area is 153 Å². The molecule has 0 aliphatic rings. The van der Waals surface area contributed by atoms with Crippen molar-refractivity contribution in [1.82, 2.24) is 9.97 Å². The first-order valence-corrected chi connectivity index (χ1v) is 8.52. The Morgan fingerprint density at radius 2 is 1.77 bits per heavy atom. The van der Waals surface area contributed by atoms with Crippen molar-refractivity contribution in [3.05, 3.63) is 82.9 Å². The summed E-state index contributed by atoms with van der Waals surface area (Å²) in [5, 5.41) is 6.21. The maximum absolute atomic E-state index is 12.5. The van der Waals surface area contributed by atoms with Gasteiger partial charge in [0.2, 0.25) is 0 Å². The van der Waals surface area contributed by atoms with E-state index < -0.39 is 0 Å².